The number of benzene rings is 2. The number of hydrogen-bond donors (Lipinski definition) is 0. The molecule has 124 valence electrons. The van der Waals surface area contributed by atoms with Gasteiger partial charge in [0, 0.05) is 0 Å². The highest BCUT2D eigenvalue weighted by molar-refractivity contribution is 6.45. The fraction of sp³-hybridized carbons (Fsp3) is 0.0667. The molecule has 0 N–H and O–H groups in total. The van der Waals surface area contributed by atoms with E-state index in [1.54, 1.807) is 0 Å². The van der Waals surface area contributed by atoms with Crippen molar-refractivity contribution in [3.05, 3.63) is 62.1 Å². The molecular formula is C15H5Cl3F3NO2. The lowest BCUT2D eigenvalue weighted by Crippen LogP contribution is -2.30. The summed E-state index contributed by atoms with van der Waals surface area (Å²) in [4.78, 5) is 25.5. The Morgan fingerprint density at radius 3 is 1.75 bits per heavy atom. The van der Waals surface area contributed by atoms with Crippen LogP contribution in [0.1, 0.15) is 26.3 Å². The summed E-state index contributed by atoms with van der Waals surface area (Å²) in [6.07, 6.45) is -4.65. The van der Waals surface area contributed by atoms with Gasteiger partial charge in [-0.3, -0.25) is 9.59 Å². The van der Waals surface area contributed by atoms with Crippen LogP contribution in [0.15, 0.2) is 30.3 Å². The highest BCUT2D eigenvalue weighted by Crippen LogP contribution is 2.39. The maximum Gasteiger partial charge on any atom is 0.416 e. The second kappa shape index (κ2) is 5.65. The van der Waals surface area contributed by atoms with Crippen molar-refractivity contribution < 1.29 is 22.8 Å². The van der Waals surface area contributed by atoms with E-state index in [0.717, 1.165) is 12.1 Å². The normalized spacial score (nSPS) is 14.3. The van der Waals surface area contributed by atoms with Gasteiger partial charge >= 0.3 is 6.18 Å². The lowest BCUT2D eigenvalue weighted by atomic mass is 10.1. The van der Waals surface area contributed by atoms with Gasteiger partial charge in [0.2, 0.25) is 0 Å². The Balaban J connectivity index is 2.15. The molecule has 0 saturated heterocycles. The minimum absolute atomic E-state index is 0.0496. The van der Waals surface area contributed by atoms with Crippen molar-refractivity contribution in [2.24, 2.45) is 0 Å². The number of anilines is 1. The number of alkyl halides is 3. The predicted octanol–water partition coefficient (Wildman–Crippen LogP) is 5.47. The maximum absolute atomic E-state index is 12.9. The van der Waals surface area contributed by atoms with Crippen LogP contribution in [0.4, 0.5) is 18.9 Å². The van der Waals surface area contributed by atoms with E-state index in [0.29, 0.717) is 11.0 Å². The van der Waals surface area contributed by atoms with Crippen molar-refractivity contribution in [1.29, 1.82) is 0 Å². The molecule has 24 heavy (non-hydrogen) atoms. The number of amides is 2. The van der Waals surface area contributed by atoms with Gasteiger partial charge in [0.05, 0.1) is 37.4 Å². The van der Waals surface area contributed by atoms with Crippen LogP contribution < -0.4 is 4.90 Å². The van der Waals surface area contributed by atoms with Crippen molar-refractivity contribution >= 4 is 52.3 Å². The van der Waals surface area contributed by atoms with E-state index in [4.69, 9.17) is 34.8 Å². The van der Waals surface area contributed by atoms with Crippen LogP contribution in [0.5, 0.6) is 0 Å². The minimum atomic E-state index is -4.65. The molecule has 0 unspecified atom stereocenters. The van der Waals surface area contributed by atoms with Crippen LogP contribution in [0.2, 0.25) is 15.1 Å². The molecule has 0 atom stereocenters. The fourth-order valence-corrected chi connectivity index (χ4v) is 2.84. The van der Waals surface area contributed by atoms with E-state index in [-0.39, 0.29) is 31.9 Å². The SMILES string of the molecule is O=C1c2cc(Cl)c(Cl)cc2C(=O)N1c1cc(C(F)(F)F)ccc1Cl. The molecule has 0 spiro atoms. The first-order valence-electron chi connectivity index (χ1n) is 6.36. The molecule has 0 radical (unpaired) electrons. The standard InChI is InChI=1S/C15H5Cl3F3NO2/c16-9-2-1-6(15(19,20)21)3-12(9)22-13(23)7-4-10(17)11(18)5-8(7)14(22)24/h1-5H. The van der Waals surface area contributed by atoms with Crippen LogP contribution in [-0.2, 0) is 6.18 Å². The van der Waals surface area contributed by atoms with E-state index in [1.807, 2.05) is 0 Å². The first-order chi connectivity index (χ1) is 11.1. The number of carbonyl (C=O) groups excluding carboxylic acids is 2. The van der Waals surface area contributed by atoms with E-state index in [2.05, 4.69) is 0 Å². The third kappa shape index (κ3) is 2.64. The summed E-state index contributed by atoms with van der Waals surface area (Å²) in [7, 11) is 0. The summed E-state index contributed by atoms with van der Waals surface area (Å²) in [6, 6.07) is 4.77. The first kappa shape index (κ1) is 17.1. The van der Waals surface area contributed by atoms with Crippen LogP contribution in [-0.4, -0.2) is 11.8 Å². The molecule has 3 rings (SSSR count). The number of carbonyl (C=O) groups is 2. The number of hydrogen-bond acceptors (Lipinski definition) is 2. The van der Waals surface area contributed by atoms with Gasteiger partial charge in [-0.15, -0.1) is 0 Å². The summed E-state index contributed by atoms with van der Waals surface area (Å²) in [6.45, 7) is 0. The fourth-order valence-electron chi connectivity index (χ4n) is 2.31. The average Bonchev–Trinajstić information content (AvgIpc) is 2.71. The molecule has 1 aliphatic heterocycles. The summed E-state index contributed by atoms with van der Waals surface area (Å²) in [5.41, 5.74) is -1.50. The molecule has 0 bridgehead atoms. The predicted molar refractivity (Wildman–Crippen MR) is 84.1 cm³/mol. The molecular weight excluding hydrogens is 390 g/mol. The topological polar surface area (TPSA) is 37.4 Å². The third-order valence-electron chi connectivity index (χ3n) is 3.44. The summed E-state index contributed by atoms with van der Waals surface area (Å²) >= 11 is 17.6. The highest BCUT2D eigenvalue weighted by atomic mass is 35.5. The van der Waals surface area contributed by atoms with Crippen molar-refractivity contribution in [1.82, 2.24) is 0 Å². The van der Waals surface area contributed by atoms with Gasteiger partial charge < -0.3 is 0 Å². The molecule has 2 aromatic carbocycles. The zero-order valence-electron chi connectivity index (χ0n) is 11.4. The Morgan fingerprint density at radius 2 is 1.29 bits per heavy atom. The Hall–Kier alpha value is -1.76. The van der Waals surface area contributed by atoms with Gasteiger partial charge in [-0.1, -0.05) is 34.8 Å². The zero-order chi connectivity index (χ0) is 17.8. The summed E-state index contributed by atoms with van der Waals surface area (Å²) < 4.78 is 38.6. The molecule has 0 saturated carbocycles. The second-order valence-electron chi connectivity index (χ2n) is 4.92. The van der Waals surface area contributed by atoms with Crippen LogP contribution in [0, 0.1) is 0 Å². The summed E-state index contributed by atoms with van der Waals surface area (Å²) in [5.74, 6) is -1.65. The van der Waals surface area contributed by atoms with Gasteiger partial charge in [0.25, 0.3) is 11.8 Å². The average molecular weight is 395 g/mol. The van der Waals surface area contributed by atoms with Gasteiger partial charge in [0.15, 0.2) is 0 Å². The van der Waals surface area contributed by atoms with Gasteiger partial charge in [-0.2, -0.15) is 13.2 Å². The molecule has 3 nitrogen and oxygen atoms in total. The molecule has 1 heterocycles. The van der Waals surface area contributed by atoms with Crippen LogP contribution >= 0.6 is 34.8 Å². The van der Waals surface area contributed by atoms with E-state index < -0.39 is 23.6 Å². The number of imide groups is 1. The number of fused-ring (bicyclic) bond motifs is 1. The Kier molecular flexibility index (Phi) is 4.02. The molecule has 2 amide bonds. The van der Waals surface area contributed by atoms with E-state index >= 15 is 0 Å². The lowest BCUT2D eigenvalue weighted by molar-refractivity contribution is -0.137. The summed E-state index contributed by atoms with van der Waals surface area (Å²) in [5, 5.41) is -0.0724. The maximum atomic E-state index is 12.9. The molecule has 0 aliphatic carbocycles. The van der Waals surface area contributed by atoms with Crippen molar-refractivity contribution in [2.75, 3.05) is 4.90 Å². The van der Waals surface area contributed by atoms with Crippen molar-refractivity contribution in [3.63, 3.8) is 0 Å². The van der Waals surface area contributed by atoms with Gasteiger partial charge in [-0.25, -0.2) is 4.90 Å². The first-order valence-corrected chi connectivity index (χ1v) is 7.49. The van der Waals surface area contributed by atoms with Gasteiger partial charge in [-0.05, 0) is 30.3 Å². The number of rotatable bonds is 1. The number of nitrogens with zero attached hydrogens (tertiary/aromatic N) is 1. The number of halogens is 6. The molecule has 1 aliphatic rings. The van der Waals surface area contributed by atoms with Crippen molar-refractivity contribution in [2.45, 2.75) is 6.18 Å². The Labute approximate surface area is 148 Å². The molecule has 9 heteroatoms. The molecule has 2 aromatic rings. The minimum Gasteiger partial charge on any atom is -0.268 e. The van der Waals surface area contributed by atoms with Crippen LogP contribution in [0.3, 0.4) is 0 Å². The quantitative estimate of drug-likeness (QED) is 0.602. The van der Waals surface area contributed by atoms with Gasteiger partial charge in [0.1, 0.15) is 0 Å². The van der Waals surface area contributed by atoms with E-state index in [1.165, 1.54) is 12.1 Å². The Morgan fingerprint density at radius 1 is 0.792 bits per heavy atom. The lowest BCUT2D eigenvalue weighted by Gasteiger charge is -2.17. The zero-order valence-corrected chi connectivity index (χ0v) is 13.7. The second-order valence-corrected chi connectivity index (χ2v) is 6.14. The smallest absolute Gasteiger partial charge is 0.268 e. The van der Waals surface area contributed by atoms with Crippen molar-refractivity contribution in [3.8, 4) is 0 Å². The molecule has 0 fully saturated rings. The third-order valence-corrected chi connectivity index (χ3v) is 4.48. The highest BCUT2D eigenvalue weighted by Gasteiger charge is 2.40. The largest absolute Gasteiger partial charge is 0.416 e. The monoisotopic (exact) mass is 393 g/mol. The Bertz CT molecular complexity index is 855. The molecule has 0 aromatic heterocycles. The van der Waals surface area contributed by atoms with Crippen LogP contribution in [0.25, 0.3) is 0 Å². The van der Waals surface area contributed by atoms with E-state index in [9.17, 15) is 22.8 Å².